The van der Waals surface area contributed by atoms with Crippen LogP contribution in [-0.4, -0.2) is 63.5 Å². The molecule has 1 aliphatic rings. The van der Waals surface area contributed by atoms with E-state index in [1.807, 2.05) is 32.7 Å². The molecule has 2 rings (SSSR count). The summed E-state index contributed by atoms with van der Waals surface area (Å²) < 4.78 is 7.26. The molecule has 0 spiro atoms. The zero-order valence-corrected chi connectivity index (χ0v) is 16.4. The third kappa shape index (κ3) is 5.89. The Morgan fingerprint density at radius 3 is 2.77 bits per heavy atom. The predicted octanol–water partition coefficient (Wildman–Crippen LogP) is 1.27. The number of ether oxygens (including phenoxy) is 1. The third-order valence-corrected chi connectivity index (χ3v) is 4.20. The van der Waals surface area contributed by atoms with Crippen molar-refractivity contribution in [2.45, 2.75) is 58.2 Å². The van der Waals surface area contributed by atoms with Crippen LogP contribution in [0.3, 0.4) is 0 Å². The van der Waals surface area contributed by atoms with Crippen molar-refractivity contribution < 1.29 is 9.53 Å². The lowest BCUT2D eigenvalue weighted by atomic mass is 10.0. The molecule has 2 heterocycles. The summed E-state index contributed by atoms with van der Waals surface area (Å²) in [6, 6.07) is 0.0898. The number of piperidine rings is 1. The summed E-state index contributed by atoms with van der Waals surface area (Å²) in [6.45, 7) is 7.54. The zero-order chi connectivity index (χ0) is 19.2. The van der Waals surface area contributed by atoms with E-state index in [0.29, 0.717) is 19.0 Å². The van der Waals surface area contributed by atoms with Gasteiger partial charge in [0, 0.05) is 27.2 Å². The SMILES string of the molecule is CN=C(NCc1ncnn1C)NCC1CCCCN1C(=O)OC(C)(C)C. The summed E-state index contributed by atoms with van der Waals surface area (Å²) in [7, 11) is 3.57. The van der Waals surface area contributed by atoms with Crippen LogP contribution in [-0.2, 0) is 18.3 Å². The first-order chi connectivity index (χ1) is 12.3. The highest BCUT2D eigenvalue weighted by Crippen LogP contribution is 2.20. The fourth-order valence-electron chi connectivity index (χ4n) is 2.85. The van der Waals surface area contributed by atoms with E-state index in [0.717, 1.165) is 31.6 Å². The summed E-state index contributed by atoms with van der Waals surface area (Å²) in [5.74, 6) is 1.49. The number of aliphatic imine (C=N–C) groups is 1. The molecule has 1 aliphatic heterocycles. The zero-order valence-electron chi connectivity index (χ0n) is 16.4. The van der Waals surface area contributed by atoms with Gasteiger partial charge in [0.05, 0.1) is 12.6 Å². The number of hydrogen-bond acceptors (Lipinski definition) is 5. The molecule has 1 aromatic heterocycles. The summed E-state index contributed by atoms with van der Waals surface area (Å²) in [5.41, 5.74) is -0.486. The maximum Gasteiger partial charge on any atom is 0.410 e. The number of carbonyl (C=O) groups is 1. The molecule has 1 unspecified atom stereocenters. The van der Waals surface area contributed by atoms with Crippen molar-refractivity contribution in [3.05, 3.63) is 12.2 Å². The Morgan fingerprint density at radius 1 is 1.38 bits per heavy atom. The van der Waals surface area contributed by atoms with E-state index in [-0.39, 0.29) is 12.1 Å². The molecule has 1 atom stereocenters. The van der Waals surface area contributed by atoms with E-state index in [1.54, 1.807) is 11.7 Å². The first kappa shape index (κ1) is 20.0. The van der Waals surface area contributed by atoms with Gasteiger partial charge in [-0.25, -0.2) is 9.78 Å². The van der Waals surface area contributed by atoms with Crippen molar-refractivity contribution in [2.75, 3.05) is 20.1 Å². The van der Waals surface area contributed by atoms with E-state index in [9.17, 15) is 4.79 Å². The Hall–Kier alpha value is -2.32. The molecule has 0 radical (unpaired) electrons. The molecular formula is C17H31N7O2. The summed E-state index contributed by atoms with van der Waals surface area (Å²) in [5, 5.41) is 10.6. The molecule has 26 heavy (non-hydrogen) atoms. The Kier molecular flexibility index (Phi) is 6.82. The minimum atomic E-state index is -0.486. The molecule has 1 aromatic rings. The van der Waals surface area contributed by atoms with Gasteiger partial charge in [-0.05, 0) is 40.0 Å². The average Bonchev–Trinajstić information content (AvgIpc) is 2.99. The van der Waals surface area contributed by atoms with Gasteiger partial charge in [0.15, 0.2) is 5.96 Å². The maximum absolute atomic E-state index is 12.5. The third-order valence-electron chi connectivity index (χ3n) is 4.20. The second kappa shape index (κ2) is 8.86. The summed E-state index contributed by atoms with van der Waals surface area (Å²) in [4.78, 5) is 22.7. The molecule has 9 nitrogen and oxygen atoms in total. The van der Waals surface area contributed by atoms with Gasteiger partial charge in [-0.15, -0.1) is 0 Å². The number of guanidine groups is 1. The number of aryl methyl sites for hydroxylation is 1. The van der Waals surface area contributed by atoms with Crippen LogP contribution in [0.2, 0.25) is 0 Å². The van der Waals surface area contributed by atoms with E-state index in [4.69, 9.17) is 4.74 Å². The van der Waals surface area contributed by atoms with Crippen LogP contribution in [0.4, 0.5) is 4.79 Å². The van der Waals surface area contributed by atoms with E-state index in [1.165, 1.54) is 6.33 Å². The number of nitrogens with one attached hydrogen (secondary N) is 2. The Bertz CT molecular complexity index is 621. The number of nitrogens with zero attached hydrogens (tertiary/aromatic N) is 5. The molecule has 146 valence electrons. The Balaban J connectivity index is 1.87. The van der Waals surface area contributed by atoms with E-state index in [2.05, 4.69) is 25.7 Å². The highest BCUT2D eigenvalue weighted by Gasteiger charge is 2.30. The Labute approximate surface area is 155 Å². The molecule has 1 amide bonds. The largest absolute Gasteiger partial charge is 0.444 e. The van der Waals surface area contributed by atoms with Crippen LogP contribution >= 0.6 is 0 Å². The van der Waals surface area contributed by atoms with Gasteiger partial charge < -0.3 is 20.3 Å². The molecule has 1 fully saturated rings. The number of aromatic nitrogens is 3. The fraction of sp³-hybridized carbons (Fsp3) is 0.765. The minimum Gasteiger partial charge on any atom is -0.444 e. The van der Waals surface area contributed by atoms with E-state index < -0.39 is 5.60 Å². The van der Waals surface area contributed by atoms with Crippen LogP contribution in [0.25, 0.3) is 0 Å². The molecule has 9 heteroatoms. The van der Waals surface area contributed by atoms with Gasteiger partial charge in [0.25, 0.3) is 0 Å². The Morgan fingerprint density at radius 2 is 2.15 bits per heavy atom. The van der Waals surface area contributed by atoms with Crippen molar-refractivity contribution in [2.24, 2.45) is 12.0 Å². The highest BCUT2D eigenvalue weighted by atomic mass is 16.6. The number of likely N-dealkylation sites (tertiary alicyclic amines) is 1. The topological polar surface area (TPSA) is 96.7 Å². The molecule has 1 saturated heterocycles. The smallest absolute Gasteiger partial charge is 0.410 e. The molecule has 0 aromatic carbocycles. The van der Waals surface area contributed by atoms with Crippen LogP contribution in [0.15, 0.2) is 11.3 Å². The lowest BCUT2D eigenvalue weighted by Gasteiger charge is -2.37. The normalized spacial score (nSPS) is 18.6. The number of hydrogen-bond donors (Lipinski definition) is 2. The monoisotopic (exact) mass is 365 g/mol. The minimum absolute atomic E-state index is 0.0898. The molecule has 2 N–H and O–H groups in total. The van der Waals surface area contributed by atoms with Crippen molar-refractivity contribution in [3.8, 4) is 0 Å². The van der Waals surface area contributed by atoms with E-state index >= 15 is 0 Å². The van der Waals surface area contributed by atoms with Crippen molar-refractivity contribution in [3.63, 3.8) is 0 Å². The van der Waals surface area contributed by atoms with Gasteiger partial charge in [0.1, 0.15) is 17.8 Å². The van der Waals surface area contributed by atoms with Gasteiger partial charge >= 0.3 is 6.09 Å². The van der Waals surface area contributed by atoms with Gasteiger partial charge in [0.2, 0.25) is 0 Å². The standard InChI is InChI=1S/C17H31N7O2/c1-17(2,3)26-16(25)24-9-7-6-8-13(24)10-19-15(18-4)20-11-14-21-12-22-23(14)5/h12-13H,6-11H2,1-5H3,(H2,18,19,20). The lowest BCUT2D eigenvalue weighted by Crippen LogP contribution is -2.52. The first-order valence-electron chi connectivity index (χ1n) is 9.07. The van der Waals surface area contributed by atoms with Crippen LogP contribution < -0.4 is 10.6 Å². The molecule has 0 saturated carbocycles. The maximum atomic E-state index is 12.5. The summed E-state index contributed by atoms with van der Waals surface area (Å²) >= 11 is 0. The quantitative estimate of drug-likeness (QED) is 0.616. The molecule has 0 aliphatic carbocycles. The molecular weight excluding hydrogens is 334 g/mol. The highest BCUT2D eigenvalue weighted by molar-refractivity contribution is 5.79. The van der Waals surface area contributed by atoms with Crippen LogP contribution in [0.1, 0.15) is 45.9 Å². The second-order valence-corrected chi connectivity index (χ2v) is 7.43. The van der Waals surface area contributed by atoms with Gasteiger partial charge in [-0.3, -0.25) is 9.67 Å². The predicted molar refractivity (Wildman–Crippen MR) is 99.8 cm³/mol. The lowest BCUT2D eigenvalue weighted by molar-refractivity contribution is 0.0104. The van der Waals surface area contributed by atoms with Crippen molar-refractivity contribution in [1.29, 1.82) is 0 Å². The van der Waals surface area contributed by atoms with Crippen molar-refractivity contribution >= 4 is 12.1 Å². The molecule has 0 bridgehead atoms. The van der Waals surface area contributed by atoms with Crippen LogP contribution in [0.5, 0.6) is 0 Å². The number of amides is 1. The van der Waals surface area contributed by atoms with Gasteiger partial charge in [-0.1, -0.05) is 0 Å². The number of rotatable bonds is 4. The fourth-order valence-corrected chi connectivity index (χ4v) is 2.85. The average molecular weight is 365 g/mol. The second-order valence-electron chi connectivity index (χ2n) is 7.43. The first-order valence-corrected chi connectivity index (χ1v) is 9.07. The van der Waals surface area contributed by atoms with Crippen molar-refractivity contribution in [1.82, 2.24) is 30.3 Å². The van der Waals surface area contributed by atoms with Crippen LogP contribution in [0, 0.1) is 0 Å². The number of carbonyl (C=O) groups excluding carboxylic acids is 1. The van der Waals surface area contributed by atoms with Gasteiger partial charge in [-0.2, -0.15) is 5.10 Å². The summed E-state index contributed by atoms with van der Waals surface area (Å²) in [6.07, 6.45) is 4.34.